The van der Waals surface area contributed by atoms with Crippen molar-refractivity contribution in [3.05, 3.63) is 12.7 Å². The minimum atomic E-state index is -0.514. The summed E-state index contributed by atoms with van der Waals surface area (Å²) in [5.74, 6) is 0. The van der Waals surface area contributed by atoms with Crippen LogP contribution in [0, 0.1) is 0 Å². The van der Waals surface area contributed by atoms with Crippen LogP contribution in [0.4, 0.5) is 0 Å². The highest BCUT2D eigenvalue weighted by Gasteiger charge is 2.28. The van der Waals surface area contributed by atoms with Crippen molar-refractivity contribution in [1.82, 2.24) is 19.7 Å². The topological polar surface area (TPSA) is 54.2 Å². The van der Waals surface area contributed by atoms with E-state index >= 15 is 0 Å². The Labute approximate surface area is 109 Å². The van der Waals surface area contributed by atoms with Crippen LogP contribution in [0.5, 0.6) is 0 Å². The highest BCUT2D eigenvalue weighted by molar-refractivity contribution is 4.84. The Hall–Kier alpha value is -0.940. The van der Waals surface area contributed by atoms with Crippen molar-refractivity contribution < 1.29 is 5.11 Å². The fraction of sp³-hybridized carbons (Fsp3) is 0.846. The lowest BCUT2D eigenvalue weighted by molar-refractivity contribution is -0.0114. The molecule has 2 heterocycles. The average molecular weight is 252 g/mol. The zero-order chi connectivity index (χ0) is 13.0. The van der Waals surface area contributed by atoms with E-state index in [9.17, 15) is 5.11 Å². The van der Waals surface area contributed by atoms with E-state index in [0.717, 1.165) is 45.3 Å². The molecule has 0 atom stereocenters. The number of likely N-dealkylation sites (tertiary alicyclic amines) is 1. The van der Waals surface area contributed by atoms with E-state index in [1.54, 1.807) is 12.7 Å². The maximum atomic E-state index is 10.4. The number of hydrogen-bond acceptors (Lipinski definition) is 4. The summed E-state index contributed by atoms with van der Waals surface area (Å²) in [6.45, 7) is 6.99. The van der Waals surface area contributed by atoms with E-state index < -0.39 is 5.60 Å². The second kappa shape index (κ2) is 5.80. The maximum absolute atomic E-state index is 10.4. The first-order chi connectivity index (χ1) is 8.67. The second-order valence-corrected chi connectivity index (χ2v) is 5.31. The van der Waals surface area contributed by atoms with Gasteiger partial charge < -0.3 is 10.0 Å². The molecular formula is C13H24N4O. The van der Waals surface area contributed by atoms with Gasteiger partial charge in [-0.3, -0.25) is 0 Å². The average Bonchev–Trinajstić information content (AvgIpc) is 2.93. The van der Waals surface area contributed by atoms with Gasteiger partial charge in [0.25, 0.3) is 0 Å². The maximum Gasteiger partial charge on any atom is 0.137 e. The SMILES string of the molecule is CCC(O)(CC)CN1CCC(n2cncn2)CC1. The van der Waals surface area contributed by atoms with Crippen molar-refractivity contribution >= 4 is 0 Å². The lowest BCUT2D eigenvalue weighted by Crippen LogP contribution is -2.45. The van der Waals surface area contributed by atoms with Crippen LogP contribution in [0.3, 0.4) is 0 Å². The van der Waals surface area contributed by atoms with Gasteiger partial charge in [0.15, 0.2) is 0 Å². The minimum absolute atomic E-state index is 0.472. The van der Waals surface area contributed by atoms with E-state index in [1.807, 2.05) is 4.68 Å². The first kappa shape index (κ1) is 13.5. The molecule has 1 aromatic rings. The van der Waals surface area contributed by atoms with E-state index in [2.05, 4.69) is 28.8 Å². The lowest BCUT2D eigenvalue weighted by atomic mass is 9.95. The molecule has 0 radical (unpaired) electrons. The number of nitrogens with zero attached hydrogens (tertiary/aromatic N) is 4. The zero-order valence-electron chi connectivity index (χ0n) is 11.4. The Morgan fingerprint density at radius 2 is 1.94 bits per heavy atom. The molecule has 1 N–H and O–H groups in total. The zero-order valence-corrected chi connectivity index (χ0v) is 11.4. The largest absolute Gasteiger partial charge is 0.389 e. The normalized spacial score (nSPS) is 19.3. The number of β-amino-alcohol motifs (C(OH)–C–C–N with tert-alkyl or cyclic N) is 1. The fourth-order valence-corrected chi connectivity index (χ4v) is 2.64. The number of hydrogen-bond donors (Lipinski definition) is 1. The van der Waals surface area contributed by atoms with Crippen LogP contribution >= 0.6 is 0 Å². The molecule has 0 bridgehead atoms. The quantitative estimate of drug-likeness (QED) is 0.862. The molecule has 1 fully saturated rings. The number of rotatable bonds is 5. The molecule has 18 heavy (non-hydrogen) atoms. The van der Waals surface area contributed by atoms with Gasteiger partial charge in [-0.15, -0.1) is 0 Å². The third-order valence-electron chi connectivity index (χ3n) is 4.20. The molecule has 1 aliphatic heterocycles. The first-order valence-electron chi connectivity index (χ1n) is 6.95. The van der Waals surface area contributed by atoms with Gasteiger partial charge in [-0.25, -0.2) is 9.67 Å². The molecule has 102 valence electrons. The minimum Gasteiger partial charge on any atom is -0.389 e. The second-order valence-electron chi connectivity index (χ2n) is 5.31. The van der Waals surface area contributed by atoms with Crippen LogP contribution < -0.4 is 0 Å². The highest BCUT2D eigenvalue weighted by Crippen LogP contribution is 2.24. The third-order valence-corrected chi connectivity index (χ3v) is 4.20. The van der Waals surface area contributed by atoms with Gasteiger partial charge in [-0.2, -0.15) is 5.10 Å². The lowest BCUT2D eigenvalue weighted by Gasteiger charge is -2.37. The van der Waals surface area contributed by atoms with Gasteiger partial charge in [0.2, 0.25) is 0 Å². The van der Waals surface area contributed by atoms with Crippen LogP contribution in [0.2, 0.25) is 0 Å². The van der Waals surface area contributed by atoms with Crippen molar-refractivity contribution in [2.45, 2.75) is 51.2 Å². The molecule has 0 aliphatic carbocycles. The Morgan fingerprint density at radius 3 is 2.44 bits per heavy atom. The third kappa shape index (κ3) is 3.09. The number of piperidine rings is 1. The first-order valence-corrected chi connectivity index (χ1v) is 6.95. The summed E-state index contributed by atoms with van der Waals surface area (Å²) in [6.07, 6.45) is 7.23. The van der Waals surface area contributed by atoms with Gasteiger partial charge in [-0.05, 0) is 25.7 Å². The van der Waals surface area contributed by atoms with E-state index in [4.69, 9.17) is 0 Å². The Morgan fingerprint density at radius 1 is 1.28 bits per heavy atom. The van der Waals surface area contributed by atoms with Gasteiger partial charge >= 0.3 is 0 Å². The summed E-state index contributed by atoms with van der Waals surface area (Å²) >= 11 is 0. The van der Waals surface area contributed by atoms with Crippen molar-refractivity contribution in [2.24, 2.45) is 0 Å². The van der Waals surface area contributed by atoms with Crippen molar-refractivity contribution in [1.29, 1.82) is 0 Å². The molecule has 1 saturated heterocycles. The number of aliphatic hydroxyl groups is 1. The Bertz CT molecular complexity index is 340. The van der Waals surface area contributed by atoms with Crippen LogP contribution in [0.15, 0.2) is 12.7 Å². The fourth-order valence-electron chi connectivity index (χ4n) is 2.64. The predicted molar refractivity (Wildman–Crippen MR) is 70.3 cm³/mol. The highest BCUT2D eigenvalue weighted by atomic mass is 16.3. The molecule has 5 heteroatoms. The van der Waals surface area contributed by atoms with E-state index in [1.165, 1.54) is 0 Å². The molecule has 0 unspecified atom stereocenters. The molecule has 2 rings (SSSR count). The monoisotopic (exact) mass is 252 g/mol. The smallest absolute Gasteiger partial charge is 0.137 e. The molecule has 0 aromatic carbocycles. The molecule has 0 amide bonds. The molecule has 0 spiro atoms. The van der Waals surface area contributed by atoms with Crippen LogP contribution in [-0.2, 0) is 0 Å². The molecule has 1 aliphatic rings. The van der Waals surface area contributed by atoms with Crippen LogP contribution in [0.25, 0.3) is 0 Å². The van der Waals surface area contributed by atoms with Gasteiger partial charge in [0.05, 0.1) is 11.6 Å². The predicted octanol–water partition coefficient (Wildman–Crippen LogP) is 1.47. The number of aromatic nitrogens is 3. The van der Waals surface area contributed by atoms with Gasteiger partial charge in [-0.1, -0.05) is 13.8 Å². The Balaban J connectivity index is 1.83. The van der Waals surface area contributed by atoms with Crippen molar-refractivity contribution in [3.63, 3.8) is 0 Å². The van der Waals surface area contributed by atoms with Gasteiger partial charge in [0.1, 0.15) is 12.7 Å². The summed E-state index contributed by atoms with van der Waals surface area (Å²) < 4.78 is 1.96. The summed E-state index contributed by atoms with van der Waals surface area (Å²) in [6, 6.07) is 0.472. The summed E-state index contributed by atoms with van der Waals surface area (Å²) in [7, 11) is 0. The molecular weight excluding hydrogens is 228 g/mol. The van der Waals surface area contributed by atoms with Crippen molar-refractivity contribution in [3.8, 4) is 0 Å². The molecule has 1 aromatic heterocycles. The molecule has 0 saturated carbocycles. The summed E-state index contributed by atoms with van der Waals surface area (Å²) in [4.78, 5) is 6.38. The summed E-state index contributed by atoms with van der Waals surface area (Å²) in [5, 5.41) is 14.6. The van der Waals surface area contributed by atoms with E-state index in [0.29, 0.717) is 6.04 Å². The standard InChI is InChI=1S/C13H24N4O/c1-3-13(18,4-2)9-16-7-5-12(6-8-16)17-11-14-10-15-17/h10-12,18H,3-9H2,1-2H3. The van der Waals surface area contributed by atoms with E-state index in [-0.39, 0.29) is 0 Å². The van der Waals surface area contributed by atoms with Crippen LogP contribution in [-0.4, -0.2) is 50.0 Å². The van der Waals surface area contributed by atoms with Gasteiger partial charge in [0, 0.05) is 19.6 Å². The van der Waals surface area contributed by atoms with Crippen molar-refractivity contribution in [2.75, 3.05) is 19.6 Å². The summed E-state index contributed by atoms with van der Waals surface area (Å²) in [5.41, 5.74) is -0.514. The Kier molecular flexibility index (Phi) is 4.35. The van der Waals surface area contributed by atoms with Crippen LogP contribution in [0.1, 0.15) is 45.6 Å². The molecule has 5 nitrogen and oxygen atoms in total.